The van der Waals surface area contributed by atoms with Crippen LogP contribution in [0.3, 0.4) is 0 Å². The normalized spacial score (nSPS) is 10.3. The zero-order chi connectivity index (χ0) is 12.4. The Morgan fingerprint density at radius 1 is 1.06 bits per heavy atom. The first-order chi connectivity index (χ1) is 8.22. The summed E-state index contributed by atoms with van der Waals surface area (Å²) in [5.74, 6) is 2.24. The highest BCUT2D eigenvalue weighted by Gasteiger charge is 2.16. The second kappa shape index (κ2) is 4.37. The average molecular weight is 234 g/mol. The molecule has 0 fully saturated rings. The number of hydrogen-bond acceptors (Lipinski definition) is 5. The smallest absolute Gasteiger partial charge is 0.168 e. The molecule has 2 rings (SSSR count). The molecule has 2 N–H and O–H groups in total. The molecule has 0 spiro atoms. The Morgan fingerprint density at radius 3 is 2.35 bits per heavy atom. The van der Waals surface area contributed by atoms with Crippen molar-refractivity contribution in [1.82, 2.24) is 4.98 Å². The van der Waals surface area contributed by atoms with E-state index in [1.54, 1.807) is 33.6 Å². The maximum absolute atomic E-state index is 5.86. The lowest BCUT2D eigenvalue weighted by atomic mass is 10.1. The summed E-state index contributed by atoms with van der Waals surface area (Å²) in [5, 5.41) is 1.55. The van der Waals surface area contributed by atoms with Crippen LogP contribution in [0.4, 0.5) is 5.82 Å². The van der Waals surface area contributed by atoms with Crippen LogP contribution < -0.4 is 19.9 Å². The zero-order valence-corrected chi connectivity index (χ0v) is 9.98. The molecule has 0 bridgehead atoms. The third kappa shape index (κ3) is 1.69. The maximum Gasteiger partial charge on any atom is 0.168 e. The summed E-state index contributed by atoms with van der Waals surface area (Å²) in [6, 6.07) is 3.55. The van der Waals surface area contributed by atoms with Gasteiger partial charge in [0.15, 0.2) is 11.5 Å². The maximum atomic E-state index is 5.86. The minimum Gasteiger partial charge on any atom is -0.496 e. The van der Waals surface area contributed by atoms with Gasteiger partial charge in [0, 0.05) is 17.6 Å². The fourth-order valence-electron chi connectivity index (χ4n) is 1.84. The topological polar surface area (TPSA) is 66.6 Å². The third-order valence-corrected chi connectivity index (χ3v) is 2.60. The van der Waals surface area contributed by atoms with Crippen LogP contribution in [-0.4, -0.2) is 26.3 Å². The molecular weight excluding hydrogens is 220 g/mol. The van der Waals surface area contributed by atoms with Crippen LogP contribution in [0.5, 0.6) is 17.2 Å². The van der Waals surface area contributed by atoms with Crippen LogP contribution in [-0.2, 0) is 0 Å². The Hall–Kier alpha value is -2.17. The van der Waals surface area contributed by atoms with Gasteiger partial charge in [-0.25, -0.2) is 4.98 Å². The molecule has 5 heteroatoms. The summed E-state index contributed by atoms with van der Waals surface area (Å²) >= 11 is 0. The molecule has 2 aromatic rings. The van der Waals surface area contributed by atoms with E-state index in [0.717, 1.165) is 10.8 Å². The predicted molar refractivity (Wildman–Crippen MR) is 65.8 cm³/mol. The summed E-state index contributed by atoms with van der Waals surface area (Å²) < 4.78 is 15.9. The first-order valence-corrected chi connectivity index (χ1v) is 5.06. The predicted octanol–water partition coefficient (Wildman–Crippen LogP) is 1.84. The second-order valence-electron chi connectivity index (χ2n) is 3.43. The third-order valence-electron chi connectivity index (χ3n) is 2.60. The number of anilines is 1. The van der Waals surface area contributed by atoms with E-state index in [2.05, 4.69) is 4.98 Å². The quantitative estimate of drug-likeness (QED) is 0.877. The van der Waals surface area contributed by atoms with Gasteiger partial charge in [-0.1, -0.05) is 0 Å². The molecule has 1 heterocycles. The average Bonchev–Trinajstić information content (AvgIpc) is 2.36. The number of pyridine rings is 1. The number of hydrogen-bond donors (Lipinski definition) is 1. The Bertz CT molecular complexity index is 555. The summed E-state index contributed by atoms with van der Waals surface area (Å²) in [7, 11) is 4.74. The number of fused-ring (bicyclic) bond motifs is 1. The number of ether oxygens (including phenoxy) is 3. The Balaban J connectivity index is 2.91. The molecular formula is C12H14N2O3. The Kier molecular flexibility index (Phi) is 2.91. The van der Waals surface area contributed by atoms with Crippen molar-refractivity contribution < 1.29 is 14.2 Å². The van der Waals surface area contributed by atoms with E-state index >= 15 is 0 Å². The standard InChI is InChI=1S/C12H14N2O3/c1-15-8-6-9(16-2)11(17-3)7-4-5-14-12(13)10(7)8/h4-6H,1-3H3,(H2,13,14). The van der Waals surface area contributed by atoms with Crippen molar-refractivity contribution in [2.75, 3.05) is 27.1 Å². The van der Waals surface area contributed by atoms with Crippen LogP contribution >= 0.6 is 0 Å². The molecule has 0 unspecified atom stereocenters. The molecule has 0 radical (unpaired) electrons. The van der Waals surface area contributed by atoms with Gasteiger partial charge in [-0.05, 0) is 6.07 Å². The molecule has 17 heavy (non-hydrogen) atoms. The van der Waals surface area contributed by atoms with Crippen molar-refractivity contribution in [1.29, 1.82) is 0 Å². The molecule has 0 aliphatic heterocycles. The Labute approximate surface area is 99.1 Å². The number of methoxy groups -OCH3 is 3. The molecule has 1 aromatic carbocycles. The lowest BCUT2D eigenvalue weighted by Crippen LogP contribution is -1.98. The van der Waals surface area contributed by atoms with Gasteiger partial charge in [0.05, 0.1) is 26.7 Å². The highest BCUT2D eigenvalue weighted by Crippen LogP contribution is 2.42. The van der Waals surface area contributed by atoms with Gasteiger partial charge in [0.2, 0.25) is 0 Å². The van der Waals surface area contributed by atoms with Gasteiger partial charge >= 0.3 is 0 Å². The van der Waals surface area contributed by atoms with Gasteiger partial charge in [-0.2, -0.15) is 0 Å². The van der Waals surface area contributed by atoms with E-state index in [-0.39, 0.29) is 0 Å². The van der Waals surface area contributed by atoms with Crippen molar-refractivity contribution in [2.24, 2.45) is 0 Å². The van der Waals surface area contributed by atoms with E-state index in [0.29, 0.717) is 23.1 Å². The second-order valence-corrected chi connectivity index (χ2v) is 3.43. The number of rotatable bonds is 3. The van der Waals surface area contributed by atoms with Crippen molar-refractivity contribution in [3.05, 3.63) is 18.3 Å². The fourth-order valence-corrected chi connectivity index (χ4v) is 1.84. The van der Waals surface area contributed by atoms with Crippen LogP contribution in [0.25, 0.3) is 10.8 Å². The molecule has 0 saturated heterocycles. The highest BCUT2D eigenvalue weighted by molar-refractivity contribution is 6.01. The van der Waals surface area contributed by atoms with Gasteiger partial charge < -0.3 is 19.9 Å². The van der Waals surface area contributed by atoms with Crippen LogP contribution in [0.15, 0.2) is 18.3 Å². The molecule has 0 aliphatic carbocycles. The van der Waals surface area contributed by atoms with Gasteiger partial charge in [0.25, 0.3) is 0 Å². The van der Waals surface area contributed by atoms with Crippen molar-refractivity contribution in [2.45, 2.75) is 0 Å². The van der Waals surface area contributed by atoms with Crippen molar-refractivity contribution in [3.63, 3.8) is 0 Å². The summed E-state index contributed by atoms with van der Waals surface area (Å²) in [5.41, 5.74) is 5.86. The van der Waals surface area contributed by atoms with Crippen LogP contribution in [0.2, 0.25) is 0 Å². The van der Waals surface area contributed by atoms with E-state index < -0.39 is 0 Å². The first kappa shape index (κ1) is 11.3. The monoisotopic (exact) mass is 234 g/mol. The van der Waals surface area contributed by atoms with Crippen LogP contribution in [0, 0.1) is 0 Å². The van der Waals surface area contributed by atoms with Crippen LogP contribution in [0.1, 0.15) is 0 Å². The zero-order valence-electron chi connectivity index (χ0n) is 9.98. The van der Waals surface area contributed by atoms with Crippen molar-refractivity contribution >= 4 is 16.6 Å². The number of aromatic nitrogens is 1. The molecule has 0 amide bonds. The van der Waals surface area contributed by atoms with Gasteiger partial charge in [0.1, 0.15) is 11.6 Å². The number of nitrogens with zero attached hydrogens (tertiary/aromatic N) is 1. The number of nitrogen functional groups attached to an aromatic ring is 1. The van der Waals surface area contributed by atoms with E-state index in [1.165, 1.54) is 0 Å². The molecule has 90 valence electrons. The fraction of sp³-hybridized carbons (Fsp3) is 0.250. The van der Waals surface area contributed by atoms with E-state index in [9.17, 15) is 0 Å². The molecule has 1 aromatic heterocycles. The highest BCUT2D eigenvalue weighted by atomic mass is 16.5. The van der Waals surface area contributed by atoms with Crippen molar-refractivity contribution in [3.8, 4) is 17.2 Å². The lowest BCUT2D eigenvalue weighted by Gasteiger charge is -2.14. The number of nitrogens with two attached hydrogens (primary N) is 1. The molecule has 0 aliphatic rings. The SMILES string of the molecule is COc1cc(OC)c2c(N)nccc2c1OC. The van der Waals surface area contributed by atoms with E-state index in [1.807, 2.05) is 6.07 Å². The van der Waals surface area contributed by atoms with Gasteiger partial charge in [-0.15, -0.1) is 0 Å². The number of benzene rings is 1. The summed E-state index contributed by atoms with van der Waals surface area (Å²) in [6.07, 6.45) is 1.62. The molecule has 0 saturated carbocycles. The first-order valence-electron chi connectivity index (χ1n) is 5.06. The lowest BCUT2D eigenvalue weighted by molar-refractivity contribution is 0.353. The molecule has 0 atom stereocenters. The summed E-state index contributed by atoms with van der Waals surface area (Å²) in [4.78, 5) is 4.05. The van der Waals surface area contributed by atoms with E-state index in [4.69, 9.17) is 19.9 Å². The molecule has 5 nitrogen and oxygen atoms in total. The van der Waals surface area contributed by atoms with Gasteiger partial charge in [-0.3, -0.25) is 0 Å². The minimum atomic E-state index is 0.403. The summed E-state index contributed by atoms with van der Waals surface area (Å²) in [6.45, 7) is 0. The minimum absolute atomic E-state index is 0.403. The largest absolute Gasteiger partial charge is 0.496 e. The Morgan fingerprint density at radius 2 is 1.76 bits per heavy atom.